The van der Waals surface area contributed by atoms with E-state index in [0.717, 1.165) is 11.1 Å². The first-order valence-electron chi connectivity index (χ1n) is 8.00. The van der Waals surface area contributed by atoms with Gasteiger partial charge < -0.3 is 14.8 Å². The van der Waals surface area contributed by atoms with Gasteiger partial charge in [-0.25, -0.2) is 4.39 Å². The number of H-pyrrole nitrogens is 1. The molecule has 3 aromatic rings. The lowest BCUT2D eigenvalue weighted by Gasteiger charge is -2.06. The highest BCUT2D eigenvalue weighted by molar-refractivity contribution is 5.45. The lowest BCUT2D eigenvalue weighted by atomic mass is 10.1. The molecule has 2 heterocycles. The van der Waals surface area contributed by atoms with Crippen molar-refractivity contribution in [3.05, 3.63) is 75.5 Å². The minimum absolute atomic E-state index is 0.223. The summed E-state index contributed by atoms with van der Waals surface area (Å²) in [6, 6.07) is 11.5. The van der Waals surface area contributed by atoms with Gasteiger partial charge in [0.1, 0.15) is 11.5 Å². The Balaban J connectivity index is 1.42. The second-order valence-electron chi connectivity index (χ2n) is 5.79. The van der Waals surface area contributed by atoms with E-state index in [2.05, 4.69) is 20.5 Å². The molecule has 0 spiro atoms. The van der Waals surface area contributed by atoms with E-state index in [9.17, 15) is 9.18 Å². The molecule has 132 valence electrons. The van der Waals surface area contributed by atoms with Crippen LogP contribution in [-0.4, -0.2) is 22.0 Å². The van der Waals surface area contributed by atoms with Gasteiger partial charge in [-0.3, -0.25) is 9.78 Å². The van der Waals surface area contributed by atoms with E-state index in [1.54, 1.807) is 12.1 Å². The molecule has 0 radical (unpaired) electrons. The molecule has 1 aliphatic rings. The smallest absolute Gasteiger partial charge is 0.274 e. The Morgan fingerprint density at radius 1 is 1.04 bits per heavy atom. The zero-order chi connectivity index (χ0) is 17.9. The van der Waals surface area contributed by atoms with Gasteiger partial charge in [-0.05, 0) is 35.4 Å². The lowest BCUT2D eigenvalue weighted by molar-refractivity contribution is 0.174. The predicted octanol–water partition coefficient (Wildman–Crippen LogP) is 2.24. The zero-order valence-corrected chi connectivity index (χ0v) is 13.7. The molecule has 0 bridgehead atoms. The molecule has 0 unspecified atom stereocenters. The van der Waals surface area contributed by atoms with Crippen molar-refractivity contribution in [3.63, 3.8) is 0 Å². The fraction of sp³-hybridized carbons (Fsp3) is 0.167. The van der Waals surface area contributed by atoms with E-state index >= 15 is 0 Å². The summed E-state index contributed by atoms with van der Waals surface area (Å²) in [6.07, 6.45) is 0.283. The lowest BCUT2D eigenvalue weighted by Crippen LogP contribution is -2.19. The molecule has 1 aromatic heterocycles. The monoisotopic (exact) mass is 354 g/mol. The summed E-state index contributed by atoms with van der Waals surface area (Å²) in [7, 11) is 0. The number of hydrogen-bond acceptors (Lipinski definition) is 6. The number of aromatic nitrogens is 3. The number of fused-ring (bicyclic) bond motifs is 1. The summed E-state index contributed by atoms with van der Waals surface area (Å²) in [4.78, 5) is 14.8. The van der Waals surface area contributed by atoms with Gasteiger partial charge >= 0.3 is 0 Å². The number of aromatic amines is 1. The quantitative estimate of drug-likeness (QED) is 0.730. The first-order chi connectivity index (χ1) is 12.7. The average Bonchev–Trinajstić information content (AvgIpc) is 3.11. The molecule has 2 N–H and O–H groups in total. The van der Waals surface area contributed by atoms with Gasteiger partial charge in [0.25, 0.3) is 5.56 Å². The normalized spacial score (nSPS) is 12.2. The summed E-state index contributed by atoms with van der Waals surface area (Å²) < 4.78 is 23.5. The molecule has 26 heavy (non-hydrogen) atoms. The Morgan fingerprint density at radius 2 is 1.81 bits per heavy atom. The van der Waals surface area contributed by atoms with Crippen LogP contribution in [0.4, 0.5) is 10.3 Å². The molecule has 0 aliphatic carbocycles. The molecule has 0 saturated carbocycles. The highest BCUT2D eigenvalue weighted by Crippen LogP contribution is 2.32. The fourth-order valence-corrected chi connectivity index (χ4v) is 2.59. The summed E-state index contributed by atoms with van der Waals surface area (Å²) in [5.41, 5.74) is 1.67. The number of rotatable bonds is 5. The topological polar surface area (TPSA) is 89.1 Å². The molecule has 7 nitrogen and oxygen atoms in total. The van der Waals surface area contributed by atoms with Crippen LogP contribution in [0, 0.1) is 5.82 Å². The molecule has 2 aromatic carbocycles. The molecular weight excluding hydrogens is 339 g/mol. The van der Waals surface area contributed by atoms with E-state index in [0.29, 0.717) is 18.0 Å². The fourth-order valence-electron chi connectivity index (χ4n) is 2.59. The predicted molar refractivity (Wildman–Crippen MR) is 91.8 cm³/mol. The van der Waals surface area contributed by atoms with E-state index in [4.69, 9.17) is 9.47 Å². The van der Waals surface area contributed by atoms with Crippen molar-refractivity contribution in [1.29, 1.82) is 0 Å². The van der Waals surface area contributed by atoms with Crippen LogP contribution in [0.1, 0.15) is 16.8 Å². The highest BCUT2D eigenvalue weighted by Gasteiger charge is 2.13. The zero-order valence-electron chi connectivity index (χ0n) is 13.7. The molecule has 0 saturated heterocycles. The first-order valence-corrected chi connectivity index (χ1v) is 8.00. The van der Waals surface area contributed by atoms with Crippen LogP contribution in [0.25, 0.3) is 0 Å². The third-order valence-corrected chi connectivity index (χ3v) is 3.95. The van der Waals surface area contributed by atoms with E-state index in [1.165, 1.54) is 12.1 Å². The number of halogens is 1. The number of anilines is 1. The van der Waals surface area contributed by atoms with Crippen molar-refractivity contribution in [2.24, 2.45) is 0 Å². The Bertz CT molecular complexity index is 988. The third kappa shape index (κ3) is 3.49. The van der Waals surface area contributed by atoms with Crippen LogP contribution in [0.3, 0.4) is 0 Å². The van der Waals surface area contributed by atoms with Gasteiger partial charge in [0.2, 0.25) is 12.7 Å². The minimum Gasteiger partial charge on any atom is -0.454 e. The largest absolute Gasteiger partial charge is 0.454 e. The van der Waals surface area contributed by atoms with Gasteiger partial charge in [0.05, 0.1) is 0 Å². The molecular formula is C18H15FN4O3. The average molecular weight is 354 g/mol. The molecule has 4 rings (SSSR count). The maximum atomic E-state index is 12.9. The maximum absolute atomic E-state index is 12.9. The van der Waals surface area contributed by atoms with Crippen LogP contribution in [0.15, 0.2) is 47.3 Å². The van der Waals surface area contributed by atoms with Gasteiger partial charge in [0.15, 0.2) is 11.5 Å². The molecule has 0 amide bonds. The Morgan fingerprint density at radius 3 is 2.62 bits per heavy atom. The second-order valence-corrected chi connectivity index (χ2v) is 5.79. The Kier molecular flexibility index (Phi) is 4.22. The summed E-state index contributed by atoms with van der Waals surface area (Å²) in [5, 5.41) is 11.0. The minimum atomic E-state index is -0.336. The van der Waals surface area contributed by atoms with Gasteiger partial charge in [-0.1, -0.05) is 18.2 Å². The number of hydrogen-bond donors (Lipinski definition) is 2. The van der Waals surface area contributed by atoms with Crippen molar-refractivity contribution < 1.29 is 13.9 Å². The standard InChI is InChI=1S/C18H15FN4O3/c19-13-4-1-11(2-5-13)7-14-17(24)21-18(23-22-14)20-9-12-3-6-15-16(8-12)26-10-25-15/h1-6,8H,7,9-10H2,(H2,20,21,23,24). The number of nitrogens with zero attached hydrogens (tertiary/aromatic N) is 2. The summed E-state index contributed by atoms with van der Waals surface area (Å²) >= 11 is 0. The van der Waals surface area contributed by atoms with Crippen LogP contribution >= 0.6 is 0 Å². The molecule has 0 atom stereocenters. The van der Waals surface area contributed by atoms with Crippen molar-refractivity contribution in [2.45, 2.75) is 13.0 Å². The molecule has 0 fully saturated rings. The summed E-state index contributed by atoms with van der Waals surface area (Å²) in [5.74, 6) is 1.36. The second kappa shape index (κ2) is 6.83. The third-order valence-electron chi connectivity index (χ3n) is 3.95. The molecule has 1 aliphatic heterocycles. The van der Waals surface area contributed by atoms with Gasteiger partial charge in [0, 0.05) is 13.0 Å². The van der Waals surface area contributed by atoms with Crippen LogP contribution in [0.2, 0.25) is 0 Å². The van der Waals surface area contributed by atoms with Gasteiger partial charge in [-0.15, -0.1) is 10.2 Å². The van der Waals surface area contributed by atoms with Crippen LogP contribution in [-0.2, 0) is 13.0 Å². The van der Waals surface area contributed by atoms with E-state index < -0.39 is 0 Å². The van der Waals surface area contributed by atoms with Crippen LogP contribution in [0.5, 0.6) is 11.5 Å². The number of ether oxygens (including phenoxy) is 2. The van der Waals surface area contributed by atoms with E-state index in [-0.39, 0.29) is 36.2 Å². The summed E-state index contributed by atoms with van der Waals surface area (Å²) in [6.45, 7) is 0.666. The van der Waals surface area contributed by atoms with Crippen molar-refractivity contribution in [2.75, 3.05) is 12.1 Å². The SMILES string of the molecule is O=c1[nH]c(NCc2ccc3c(c2)OCO3)nnc1Cc1ccc(F)cc1. The highest BCUT2D eigenvalue weighted by atomic mass is 19.1. The van der Waals surface area contributed by atoms with Crippen LogP contribution < -0.4 is 20.3 Å². The number of nitrogens with one attached hydrogen (secondary N) is 2. The Hall–Kier alpha value is -3.42. The number of benzene rings is 2. The van der Waals surface area contributed by atoms with Crippen molar-refractivity contribution in [3.8, 4) is 11.5 Å². The maximum Gasteiger partial charge on any atom is 0.274 e. The first kappa shape index (κ1) is 16.1. The molecule has 8 heteroatoms. The van der Waals surface area contributed by atoms with Gasteiger partial charge in [-0.2, -0.15) is 0 Å². The van der Waals surface area contributed by atoms with E-state index in [1.807, 2.05) is 18.2 Å². The van der Waals surface area contributed by atoms with Crippen molar-refractivity contribution in [1.82, 2.24) is 15.2 Å². The Labute approximate surface area is 147 Å². The van der Waals surface area contributed by atoms with Crippen molar-refractivity contribution >= 4 is 5.95 Å².